The van der Waals surface area contributed by atoms with Crippen LogP contribution < -0.4 is 15.4 Å². The number of fused-ring (bicyclic) bond motifs is 1. The highest BCUT2D eigenvalue weighted by Crippen LogP contribution is 2.38. The minimum absolute atomic E-state index is 0.132. The van der Waals surface area contributed by atoms with Crippen LogP contribution in [0.1, 0.15) is 25.1 Å². The van der Waals surface area contributed by atoms with Gasteiger partial charge in [0.2, 0.25) is 0 Å². The molecule has 7 nitrogen and oxygen atoms in total. The van der Waals surface area contributed by atoms with Gasteiger partial charge in [-0.15, -0.1) is 11.3 Å². The van der Waals surface area contributed by atoms with E-state index >= 15 is 0 Å². The van der Waals surface area contributed by atoms with Gasteiger partial charge in [-0.1, -0.05) is 19.9 Å². The number of alkyl halides is 4. The Morgan fingerprint density at radius 2 is 1.82 bits per heavy atom. The van der Waals surface area contributed by atoms with Crippen LogP contribution in [0, 0.1) is 0 Å². The Labute approximate surface area is 259 Å². The van der Waals surface area contributed by atoms with Crippen LogP contribution in [0.2, 0.25) is 0 Å². The molecule has 0 saturated carbocycles. The number of piperidine rings is 1. The molecule has 4 aromatic rings. The van der Waals surface area contributed by atoms with E-state index in [9.17, 15) is 26.0 Å². The van der Waals surface area contributed by atoms with Crippen molar-refractivity contribution in [3.05, 3.63) is 59.5 Å². The zero-order chi connectivity index (χ0) is 32.2. The summed E-state index contributed by atoms with van der Waals surface area (Å²) in [6.07, 6.45) is -3.83. The maximum Gasteiger partial charge on any atom is 0.406 e. The molecule has 44 heavy (non-hydrogen) atoms. The van der Waals surface area contributed by atoms with E-state index in [0.29, 0.717) is 58.1 Å². The van der Waals surface area contributed by atoms with Crippen LogP contribution in [0.25, 0.3) is 21.5 Å². The minimum atomic E-state index is -4.45. The predicted octanol–water partition coefficient (Wildman–Crippen LogP) is 7.44. The Bertz CT molecular complexity index is 1680. The lowest BCUT2D eigenvalue weighted by molar-refractivity contribution is -0.139. The second-order valence-electron chi connectivity index (χ2n) is 10.5. The number of ether oxygens (including phenoxy) is 1. The summed E-state index contributed by atoms with van der Waals surface area (Å²) in [4.78, 5) is 3.56. The lowest BCUT2D eigenvalue weighted by Crippen LogP contribution is -2.46. The van der Waals surface area contributed by atoms with Gasteiger partial charge in [-0.05, 0) is 55.9 Å². The number of nitrogens with zero attached hydrogens (tertiary/aromatic N) is 2. The Morgan fingerprint density at radius 3 is 2.48 bits per heavy atom. The number of hydrogen-bond donors (Lipinski definition) is 2. The highest BCUT2D eigenvalue weighted by atomic mass is 32.2. The summed E-state index contributed by atoms with van der Waals surface area (Å²) < 4.78 is 86.4. The van der Waals surface area contributed by atoms with Gasteiger partial charge in [0.25, 0.3) is 0 Å². The van der Waals surface area contributed by atoms with Crippen molar-refractivity contribution < 1.29 is 30.7 Å². The molecule has 1 aliphatic rings. The summed E-state index contributed by atoms with van der Waals surface area (Å²) in [5.41, 5.74) is 2.03. The monoisotopic (exact) mass is 654 g/mol. The maximum atomic E-state index is 14.8. The summed E-state index contributed by atoms with van der Waals surface area (Å²) in [5, 5.41) is 7.09. The Hall–Kier alpha value is -3.29. The van der Waals surface area contributed by atoms with Gasteiger partial charge in [0, 0.05) is 47.9 Å². The number of benzene rings is 2. The predicted molar refractivity (Wildman–Crippen MR) is 171 cm³/mol. The topological polar surface area (TPSA) is 75.6 Å². The third-order valence-electron chi connectivity index (χ3n) is 7.34. The molecule has 5 rings (SSSR count). The molecule has 2 N–H and O–H groups in total. The first kappa shape index (κ1) is 33.6. The number of hydrogen-bond acceptors (Lipinski definition) is 7. The van der Waals surface area contributed by atoms with E-state index in [-0.39, 0.29) is 4.90 Å². The number of anilines is 2. The van der Waals surface area contributed by atoms with Crippen LogP contribution in [-0.2, 0) is 22.9 Å². The number of rotatable bonds is 9. The molecule has 13 heteroatoms. The molecule has 1 fully saturated rings. The van der Waals surface area contributed by atoms with Crippen molar-refractivity contribution in [2.45, 2.75) is 56.6 Å². The van der Waals surface area contributed by atoms with Crippen LogP contribution >= 0.6 is 11.3 Å². The lowest BCUT2D eigenvalue weighted by atomic mass is 10.0. The van der Waals surface area contributed by atoms with Crippen molar-refractivity contribution in [3.63, 3.8) is 0 Å². The number of methoxy groups -OCH3 is 1. The summed E-state index contributed by atoms with van der Waals surface area (Å²) in [5.74, 6) is 0.361. The van der Waals surface area contributed by atoms with Gasteiger partial charge in [0.15, 0.2) is 9.84 Å². The molecule has 0 radical (unpaired) electrons. The molecule has 3 heterocycles. The first-order chi connectivity index (χ1) is 20.8. The number of halogens is 4. The highest BCUT2D eigenvalue weighted by Gasteiger charge is 2.32. The molecule has 240 valence electrons. The SMILES string of the molecule is CC.COc1cc(S(C)(=O)=O)ccc1NCc1ccc(-c2cc3c(NC4CCN(C)CC4F)cccc3n2CC(F)(F)F)s1. The second kappa shape index (κ2) is 13.8. The molecule has 0 bridgehead atoms. The number of thiophene rings is 1. The van der Waals surface area contributed by atoms with Crippen LogP contribution in [0.4, 0.5) is 28.9 Å². The minimum Gasteiger partial charge on any atom is -0.495 e. The number of sulfone groups is 1. The molecule has 2 aromatic carbocycles. The van der Waals surface area contributed by atoms with Crippen molar-refractivity contribution in [1.29, 1.82) is 0 Å². The molecule has 1 saturated heterocycles. The Balaban J connectivity index is 0.00000216. The summed E-state index contributed by atoms with van der Waals surface area (Å²) in [6.45, 7) is 4.21. The third kappa shape index (κ3) is 7.86. The normalized spacial score (nSPS) is 17.7. The van der Waals surface area contributed by atoms with Crippen LogP contribution in [0.3, 0.4) is 0 Å². The van der Waals surface area contributed by atoms with Gasteiger partial charge in [0.05, 0.1) is 39.8 Å². The molecule has 2 unspecified atom stereocenters. The highest BCUT2D eigenvalue weighted by molar-refractivity contribution is 7.90. The first-order valence-electron chi connectivity index (χ1n) is 14.3. The molecule has 0 amide bonds. The molecule has 2 atom stereocenters. The average molecular weight is 655 g/mol. The van der Waals surface area contributed by atoms with Crippen molar-refractivity contribution >= 4 is 43.5 Å². The van der Waals surface area contributed by atoms with Gasteiger partial charge in [-0.2, -0.15) is 13.2 Å². The van der Waals surface area contributed by atoms with Gasteiger partial charge < -0.3 is 24.8 Å². The summed E-state index contributed by atoms with van der Waals surface area (Å²) in [7, 11) is -0.0973. The standard InChI is InChI=1S/C29H32F4N4O3S2.C2H6/c1-36-12-11-23(21(30)16-36)35-22-5-4-6-25-20(22)14-26(37(25)17-29(31,32)33)28-10-7-18(41-28)15-34-24-9-8-19(42(3,38)39)13-27(24)40-2;1-2/h4-10,13-14,21,23,34-35H,11-12,15-17H2,1-3H3;1-2H3. The fraction of sp³-hybridized carbons (Fsp3) is 0.419. The average Bonchev–Trinajstić information content (AvgIpc) is 3.58. The molecular formula is C31H38F4N4O3S2. The summed E-state index contributed by atoms with van der Waals surface area (Å²) >= 11 is 1.35. The molecule has 2 aromatic heterocycles. The fourth-order valence-corrected chi connectivity index (χ4v) is 6.83. The van der Waals surface area contributed by atoms with E-state index in [0.717, 1.165) is 17.7 Å². The molecule has 0 spiro atoms. The smallest absolute Gasteiger partial charge is 0.406 e. The van der Waals surface area contributed by atoms with E-state index in [1.165, 1.54) is 35.1 Å². The van der Waals surface area contributed by atoms with Crippen LogP contribution in [-0.4, -0.2) is 69.8 Å². The van der Waals surface area contributed by atoms with E-state index in [4.69, 9.17) is 4.74 Å². The van der Waals surface area contributed by atoms with Crippen molar-refractivity contribution in [3.8, 4) is 16.3 Å². The van der Waals surface area contributed by atoms with E-state index in [1.54, 1.807) is 36.4 Å². The van der Waals surface area contributed by atoms with E-state index in [2.05, 4.69) is 10.6 Å². The largest absolute Gasteiger partial charge is 0.495 e. The van der Waals surface area contributed by atoms with E-state index in [1.807, 2.05) is 31.9 Å². The number of aromatic nitrogens is 1. The quantitative estimate of drug-likeness (QED) is 0.183. The van der Waals surface area contributed by atoms with Crippen molar-refractivity contribution in [1.82, 2.24) is 9.47 Å². The maximum absolute atomic E-state index is 14.8. The van der Waals surface area contributed by atoms with Crippen molar-refractivity contribution in [2.75, 3.05) is 44.1 Å². The van der Waals surface area contributed by atoms with Crippen LogP contribution in [0.15, 0.2) is 59.5 Å². The second-order valence-corrected chi connectivity index (χ2v) is 13.7. The molecule has 1 aliphatic heterocycles. The van der Waals surface area contributed by atoms with Crippen LogP contribution in [0.5, 0.6) is 5.75 Å². The van der Waals surface area contributed by atoms with Crippen molar-refractivity contribution in [2.24, 2.45) is 0 Å². The number of likely N-dealkylation sites (tertiary alicyclic amines) is 1. The lowest BCUT2D eigenvalue weighted by Gasteiger charge is -2.33. The zero-order valence-electron chi connectivity index (χ0n) is 25.3. The van der Waals surface area contributed by atoms with E-state index < -0.39 is 34.8 Å². The molecular weight excluding hydrogens is 616 g/mol. The zero-order valence-corrected chi connectivity index (χ0v) is 27.0. The summed E-state index contributed by atoms with van der Waals surface area (Å²) in [6, 6.07) is 14.6. The Morgan fingerprint density at radius 1 is 1.07 bits per heavy atom. The Kier molecular flexibility index (Phi) is 10.5. The van der Waals surface area contributed by atoms with Gasteiger partial charge in [-0.3, -0.25) is 0 Å². The first-order valence-corrected chi connectivity index (χ1v) is 17.0. The fourth-order valence-electron chi connectivity index (χ4n) is 5.22. The van der Waals surface area contributed by atoms with Gasteiger partial charge in [0.1, 0.15) is 18.5 Å². The van der Waals surface area contributed by atoms with Gasteiger partial charge in [-0.25, -0.2) is 12.8 Å². The number of nitrogens with one attached hydrogen (secondary N) is 2. The molecule has 0 aliphatic carbocycles. The third-order valence-corrected chi connectivity index (χ3v) is 9.55. The van der Waals surface area contributed by atoms with Gasteiger partial charge >= 0.3 is 6.18 Å².